The normalized spacial score (nSPS) is 20.7. The highest BCUT2D eigenvalue weighted by Crippen LogP contribution is 2.26. The number of carbonyl (C=O) groups excluding carboxylic acids is 1. The molecule has 0 radical (unpaired) electrons. The average molecular weight is 222 g/mol. The maximum atomic E-state index is 11.7. The number of anilines is 1. The summed E-state index contributed by atoms with van der Waals surface area (Å²) < 4.78 is 0. The van der Waals surface area contributed by atoms with E-state index in [1.54, 1.807) is 17.0 Å². The number of nitrogens with zero attached hydrogens (tertiary/aromatic N) is 1. The van der Waals surface area contributed by atoms with E-state index in [1.165, 1.54) is 0 Å². The van der Waals surface area contributed by atoms with Gasteiger partial charge in [0.15, 0.2) is 0 Å². The zero-order valence-corrected chi connectivity index (χ0v) is 9.07. The Morgan fingerprint density at radius 2 is 2.07 bits per heavy atom. The second kappa shape index (κ2) is 4.07. The molecule has 1 aliphatic heterocycles. The van der Waals surface area contributed by atoms with Crippen LogP contribution in [0.2, 0.25) is 5.02 Å². The number of halogens is 1. The first-order valence-electron chi connectivity index (χ1n) is 4.89. The molecule has 0 bridgehead atoms. The number of amides is 1. The van der Waals surface area contributed by atoms with Gasteiger partial charge in [0.25, 0.3) is 0 Å². The molecule has 1 heterocycles. The van der Waals surface area contributed by atoms with Crippen LogP contribution >= 0.6 is 11.6 Å². The highest BCUT2D eigenvalue weighted by atomic mass is 35.5. The number of hydrogen-bond acceptors (Lipinski definition) is 1. The molecule has 2 nitrogen and oxygen atoms in total. The Morgan fingerprint density at radius 3 is 2.60 bits per heavy atom. The van der Waals surface area contributed by atoms with Crippen molar-refractivity contribution in [3.8, 4) is 0 Å². The Kier molecular flexibility index (Phi) is 2.78. The van der Waals surface area contributed by atoms with Crippen molar-refractivity contribution in [2.45, 2.75) is 6.42 Å². The summed E-state index contributed by atoms with van der Waals surface area (Å²) in [6, 6.07) is 7.33. The Hall–Kier alpha value is -1.28. The van der Waals surface area contributed by atoms with Gasteiger partial charge in [-0.25, -0.2) is 0 Å². The number of benzene rings is 1. The largest absolute Gasteiger partial charge is 0.312 e. The van der Waals surface area contributed by atoms with Crippen LogP contribution in [0, 0.1) is 5.92 Å². The zero-order chi connectivity index (χ0) is 10.8. The molecule has 1 unspecified atom stereocenters. The van der Waals surface area contributed by atoms with Gasteiger partial charge in [-0.05, 0) is 24.3 Å². The van der Waals surface area contributed by atoms with Gasteiger partial charge in [-0.3, -0.25) is 4.79 Å². The van der Waals surface area contributed by atoms with E-state index in [1.807, 2.05) is 18.2 Å². The summed E-state index contributed by atoms with van der Waals surface area (Å²) in [5.41, 5.74) is 0.911. The lowest BCUT2D eigenvalue weighted by molar-refractivity contribution is -0.117. The fraction of sp³-hybridized carbons (Fsp3) is 0.250. The topological polar surface area (TPSA) is 20.3 Å². The Morgan fingerprint density at radius 1 is 1.40 bits per heavy atom. The van der Waals surface area contributed by atoms with Gasteiger partial charge in [0, 0.05) is 29.6 Å². The lowest BCUT2D eigenvalue weighted by atomic mass is 10.1. The minimum atomic E-state index is 0.155. The third-order valence-electron chi connectivity index (χ3n) is 2.63. The van der Waals surface area contributed by atoms with E-state index in [-0.39, 0.29) is 11.8 Å². The maximum Gasteiger partial charge on any atom is 0.227 e. The van der Waals surface area contributed by atoms with Crippen LogP contribution in [0.15, 0.2) is 36.9 Å². The van der Waals surface area contributed by atoms with E-state index >= 15 is 0 Å². The molecule has 1 aromatic carbocycles. The standard InChI is InChI=1S/C12H12ClNO/c1-2-9-7-12(15)14(8-9)11-5-3-10(13)4-6-11/h2-6,9H,1,7-8H2. The van der Waals surface area contributed by atoms with Crippen LogP contribution in [0.25, 0.3) is 0 Å². The van der Waals surface area contributed by atoms with Crippen molar-refractivity contribution in [2.75, 3.05) is 11.4 Å². The molecule has 1 atom stereocenters. The fourth-order valence-corrected chi connectivity index (χ4v) is 1.89. The van der Waals surface area contributed by atoms with Crippen molar-refractivity contribution in [2.24, 2.45) is 5.92 Å². The van der Waals surface area contributed by atoms with Crippen LogP contribution in [-0.2, 0) is 4.79 Å². The van der Waals surface area contributed by atoms with Gasteiger partial charge < -0.3 is 4.90 Å². The van der Waals surface area contributed by atoms with Crippen LogP contribution in [-0.4, -0.2) is 12.5 Å². The first-order valence-corrected chi connectivity index (χ1v) is 5.27. The second-order valence-electron chi connectivity index (χ2n) is 3.68. The van der Waals surface area contributed by atoms with Crippen molar-refractivity contribution in [3.05, 3.63) is 41.9 Å². The molecule has 0 N–H and O–H groups in total. The molecule has 0 aromatic heterocycles. The van der Waals surface area contributed by atoms with Crippen LogP contribution in [0.1, 0.15) is 6.42 Å². The van der Waals surface area contributed by atoms with Gasteiger partial charge in [-0.2, -0.15) is 0 Å². The first-order chi connectivity index (χ1) is 7.20. The third-order valence-corrected chi connectivity index (χ3v) is 2.88. The summed E-state index contributed by atoms with van der Waals surface area (Å²) in [5, 5.41) is 0.686. The third kappa shape index (κ3) is 2.05. The van der Waals surface area contributed by atoms with Crippen LogP contribution in [0.3, 0.4) is 0 Å². The minimum absolute atomic E-state index is 0.155. The Labute approximate surface area is 94.2 Å². The summed E-state index contributed by atoms with van der Waals surface area (Å²) in [6.07, 6.45) is 2.40. The Balaban J connectivity index is 2.21. The molecule has 1 aliphatic rings. The van der Waals surface area contributed by atoms with E-state index in [0.717, 1.165) is 12.2 Å². The summed E-state index contributed by atoms with van der Waals surface area (Å²) in [6.45, 7) is 4.45. The molecule has 1 saturated heterocycles. The van der Waals surface area contributed by atoms with Gasteiger partial charge in [0.1, 0.15) is 0 Å². The van der Waals surface area contributed by atoms with E-state index < -0.39 is 0 Å². The molecular weight excluding hydrogens is 210 g/mol. The smallest absolute Gasteiger partial charge is 0.227 e. The van der Waals surface area contributed by atoms with Crippen LogP contribution in [0.4, 0.5) is 5.69 Å². The molecule has 78 valence electrons. The lowest BCUT2D eigenvalue weighted by Crippen LogP contribution is -2.24. The van der Waals surface area contributed by atoms with Gasteiger partial charge in [0.05, 0.1) is 0 Å². The average Bonchev–Trinajstić information content (AvgIpc) is 2.61. The van der Waals surface area contributed by atoms with Crippen molar-refractivity contribution in [3.63, 3.8) is 0 Å². The number of hydrogen-bond donors (Lipinski definition) is 0. The summed E-state index contributed by atoms with van der Waals surface area (Å²) >= 11 is 5.79. The lowest BCUT2D eigenvalue weighted by Gasteiger charge is -2.15. The van der Waals surface area contributed by atoms with Crippen molar-refractivity contribution >= 4 is 23.2 Å². The molecule has 0 aliphatic carbocycles. The molecule has 15 heavy (non-hydrogen) atoms. The van der Waals surface area contributed by atoms with Crippen LogP contribution < -0.4 is 4.90 Å². The highest BCUT2D eigenvalue weighted by Gasteiger charge is 2.28. The predicted molar refractivity (Wildman–Crippen MR) is 62.1 cm³/mol. The molecule has 1 aromatic rings. The van der Waals surface area contributed by atoms with Crippen molar-refractivity contribution < 1.29 is 4.79 Å². The molecule has 1 amide bonds. The molecule has 0 spiro atoms. The van der Waals surface area contributed by atoms with Crippen molar-refractivity contribution in [1.82, 2.24) is 0 Å². The van der Waals surface area contributed by atoms with Crippen molar-refractivity contribution in [1.29, 1.82) is 0 Å². The molecule has 2 rings (SSSR count). The Bertz CT molecular complexity index is 385. The van der Waals surface area contributed by atoms with Crippen LogP contribution in [0.5, 0.6) is 0 Å². The molecular formula is C12H12ClNO. The summed E-state index contributed by atoms with van der Waals surface area (Å²) in [7, 11) is 0. The molecule has 3 heteroatoms. The second-order valence-corrected chi connectivity index (χ2v) is 4.12. The van der Waals surface area contributed by atoms with Gasteiger partial charge >= 0.3 is 0 Å². The highest BCUT2D eigenvalue weighted by molar-refractivity contribution is 6.30. The fourth-order valence-electron chi connectivity index (χ4n) is 1.76. The molecule has 1 fully saturated rings. The first kappa shape index (κ1) is 10.2. The van der Waals surface area contributed by atoms with E-state index in [9.17, 15) is 4.79 Å². The van der Waals surface area contributed by atoms with Gasteiger partial charge in [0.2, 0.25) is 5.91 Å². The van der Waals surface area contributed by atoms with E-state index in [4.69, 9.17) is 11.6 Å². The van der Waals surface area contributed by atoms with E-state index in [0.29, 0.717) is 11.4 Å². The monoisotopic (exact) mass is 221 g/mol. The SMILES string of the molecule is C=CC1CC(=O)N(c2ccc(Cl)cc2)C1. The zero-order valence-electron chi connectivity index (χ0n) is 8.32. The number of rotatable bonds is 2. The van der Waals surface area contributed by atoms with E-state index in [2.05, 4.69) is 6.58 Å². The van der Waals surface area contributed by atoms with Gasteiger partial charge in [-0.1, -0.05) is 17.7 Å². The van der Waals surface area contributed by atoms with Gasteiger partial charge in [-0.15, -0.1) is 6.58 Å². The quantitative estimate of drug-likeness (QED) is 0.704. The predicted octanol–water partition coefficient (Wildman–Crippen LogP) is 2.88. The summed E-state index contributed by atoms with van der Waals surface area (Å²) in [4.78, 5) is 13.5. The molecule has 0 saturated carbocycles. The minimum Gasteiger partial charge on any atom is -0.312 e. The summed E-state index contributed by atoms with van der Waals surface area (Å²) in [5.74, 6) is 0.426. The number of carbonyl (C=O) groups is 1. The maximum absolute atomic E-state index is 11.7.